The van der Waals surface area contributed by atoms with Crippen LogP contribution >= 0.6 is 0 Å². The quantitative estimate of drug-likeness (QED) is 0.563. The van der Waals surface area contributed by atoms with Crippen LogP contribution in [0.15, 0.2) is 85.6 Å². The van der Waals surface area contributed by atoms with Crippen LogP contribution in [0.25, 0.3) is 22.6 Å². The van der Waals surface area contributed by atoms with Crippen LogP contribution in [0, 0.1) is 0 Å². The lowest BCUT2D eigenvalue weighted by Gasteiger charge is -2.16. The van der Waals surface area contributed by atoms with Gasteiger partial charge in [-0.05, 0) is 30.7 Å². The SMILES string of the molecule is CC(NC(=O)c1cnc(-c2ccccc2)nc1-c1ccncc1)c1cccnc1. The first-order valence-corrected chi connectivity index (χ1v) is 9.26. The first-order valence-electron chi connectivity index (χ1n) is 9.26. The summed E-state index contributed by atoms with van der Waals surface area (Å²) in [4.78, 5) is 30.4. The van der Waals surface area contributed by atoms with Gasteiger partial charge in [-0.25, -0.2) is 9.97 Å². The minimum atomic E-state index is -0.243. The van der Waals surface area contributed by atoms with Crippen LogP contribution in [0.4, 0.5) is 0 Å². The Morgan fingerprint density at radius 2 is 1.66 bits per heavy atom. The van der Waals surface area contributed by atoms with E-state index in [1.54, 1.807) is 31.0 Å². The van der Waals surface area contributed by atoms with Crippen molar-refractivity contribution in [3.63, 3.8) is 0 Å². The summed E-state index contributed by atoms with van der Waals surface area (Å²) >= 11 is 0. The summed E-state index contributed by atoms with van der Waals surface area (Å²) in [6, 6.07) is 16.9. The molecule has 4 rings (SSSR count). The molecule has 6 nitrogen and oxygen atoms in total. The Morgan fingerprint density at radius 1 is 0.862 bits per heavy atom. The summed E-state index contributed by atoms with van der Waals surface area (Å²) in [5.74, 6) is 0.321. The van der Waals surface area contributed by atoms with E-state index in [0.29, 0.717) is 17.1 Å². The number of pyridine rings is 2. The predicted octanol–water partition coefficient (Wildman–Crippen LogP) is 4.09. The Hall–Kier alpha value is -3.93. The van der Waals surface area contributed by atoms with Crippen molar-refractivity contribution in [3.8, 4) is 22.6 Å². The van der Waals surface area contributed by atoms with Crippen molar-refractivity contribution in [2.75, 3.05) is 0 Å². The maximum atomic E-state index is 13.0. The molecule has 1 N–H and O–H groups in total. The van der Waals surface area contributed by atoms with Crippen molar-refractivity contribution in [1.82, 2.24) is 25.3 Å². The molecule has 0 aliphatic rings. The number of carbonyl (C=O) groups excluding carboxylic acids is 1. The molecular formula is C23H19N5O. The molecule has 1 unspecified atom stereocenters. The van der Waals surface area contributed by atoms with Crippen molar-refractivity contribution in [1.29, 1.82) is 0 Å². The van der Waals surface area contributed by atoms with Crippen LogP contribution < -0.4 is 5.32 Å². The first kappa shape index (κ1) is 18.4. The van der Waals surface area contributed by atoms with E-state index >= 15 is 0 Å². The largest absolute Gasteiger partial charge is 0.345 e. The van der Waals surface area contributed by atoms with Crippen LogP contribution in [0.3, 0.4) is 0 Å². The van der Waals surface area contributed by atoms with E-state index in [0.717, 1.165) is 16.7 Å². The van der Waals surface area contributed by atoms with E-state index in [1.807, 2.05) is 61.5 Å². The van der Waals surface area contributed by atoms with Gasteiger partial charge in [-0.3, -0.25) is 14.8 Å². The number of carbonyl (C=O) groups is 1. The molecule has 0 fully saturated rings. The molecule has 0 saturated heterocycles. The van der Waals surface area contributed by atoms with Gasteiger partial charge in [-0.15, -0.1) is 0 Å². The Bertz CT molecular complexity index is 1100. The van der Waals surface area contributed by atoms with Crippen LogP contribution in [0.2, 0.25) is 0 Å². The summed E-state index contributed by atoms with van der Waals surface area (Å²) in [7, 11) is 0. The lowest BCUT2D eigenvalue weighted by Crippen LogP contribution is -2.27. The molecule has 142 valence electrons. The minimum absolute atomic E-state index is 0.199. The second-order valence-corrected chi connectivity index (χ2v) is 6.54. The number of amides is 1. The molecule has 0 radical (unpaired) electrons. The van der Waals surface area contributed by atoms with Gasteiger partial charge >= 0.3 is 0 Å². The minimum Gasteiger partial charge on any atom is -0.345 e. The molecule has 6 heteroatoms. The summed E-state index contributed by atoms with van der Waals surface area (Å²) in [6.45, 7) is 1.92. The van der Waals surface area contributed by atoms with Gasteiger partial charge in [-0.2, -0.15) is 0 Å². The maximum Gasteiger partial charge on any atom is 0.255 e. The van der Waals surface area contributed by atoms with Crippen LogP contribution in [0.5, 0.6) is 0 Å². The molecule has 1 aromatic carbocycles. The van der Waals surface area contributed by atoms with E-state index < -0.39 is 0 Å². The standard InChI is InChI=1S/C23H19N5O/c1-16(19-8-5-11-25-14-19)27-23(29)20-15-26-22(18-6-3-2-4-7-18)28-21(20)17-9-12-24-13-10-17/h2-16H,1H3,(H,27,29). The monoisotopic (exact) mass is 381 g/mol. The number of aromatic nitrogens is 4. The molecule has 1 atom stereocenters. The number of nitrogens with zero attached hydrogens (tertiary/aromatic N) is 4. The Balaban J connectivity index is 1.71. The average Bonchev–Trinajstić information content (AvgIpc) is 2.80. The summed E-state index contributed by atoms with van der Waals surface area (Å²) in [6.07, 6.45) is 8.38. The first-order chi connectivity index (χ1) is 14.2. The smallest absolute Gasteiger partial charge is 0.255 e. The molecule has 3 heterocycles. The van der Waals surface area contributed by atoms with Gasteiger partial charge in [0, 0.05) is 42.1 Å². The van der Waals surface area contributed by atoms with Gasteiger partial charge in [0.1, 0.15) is 0 Å². The molecule has 0 spiro atoms. The number of nitrogens with one attached hydrogen (secondary N) is 1. The molecule has 3 aromatic heterocycles. The fourth-order valence-corrected chi connectivity index (χ4v) is 2.99. The molecule has 0 aliphatic carbocycles. The zero-order chi connectivity index (χ0) is 20.1. The van der Waals surface area contributed by atoms with E-state index in [9.17, 15) is 4.79 Å². The Labute approximate surface area is 168 Å². The summed E-state index contributed by atoms with van der Waals surface area (Å²) < 4.78 is 0. The maximum absolute atomic E-state index is 13.0. The fourth-order valence-electron chi connectivity index (χ4n) is 2.99. The molecule has 29 heavy (non-hydrogen) atoms. The number of hydrogen-bond acceptors (Lipinski definition) is 5. The molecule has 1 amide bonds. The number of benzene rings is 1. The Morgan fingerprint density at radius 3 is 2.38 bits per heavy atom. The topological polar surface area (TPSA) is 80.7 Å². The van der Waals surface area contributed by atoms with Crippen LogP contribution in [-0.2, 0) is 0 Å². The van der Waals surface area contributed by atoms with Crippen LogP contribution in [0.1, 0.15) is 28.9 Å². The van der Waals surface area contributed by atoms with E-state index in [-0.39, 0.29) is 11.9 Å². The third kappa shape index (κ3) is 4.16. The van der Waals surface area contributed by atoms with Gasteiger partial charge in [0.2, 0.25) is 0 Å². The van der Waals surface area contributed by atoms with E-state index in [2.05, 4.69) is 20.3 Å². The Kier molecular flexibility index (Phi) is 5.33. The summed E-state index contributed by atoms with van der Waals surface area (Å²) in [5.41, 5.74) is 3.59. The van der Waals surface area contributed by atoms with Crippen molar-refractivity contribution < 1.29 is 4.79 Å². The van der Waals surface area contributed by atoms with Crippen molar-refractivity contribution in [2.45, 2.75) is 13.0 Å². The zero-order valence-electron chi connectivity index (χ0n) is 15.9. The second-order valence-electron chi connectivity index (χ2n) is 6.54. The fraction of sp³-hybridized carbons (Fsp3) is 0.0870. The molecule has 0 bridgehead atoms. The van der Waals surface area contributed by atoms with Gasteiger partial charge in [0.05, 0.1) is 17.3 Å². The van der Waals surface area contributed by atoms with Gasteiger partial charge in [0.15, 0.2) is 5.82 Å². The van der Waals surface area contributed by atoms with E-state index in [4.69, 9.17) is 4.98 Å². The lowest BCUT2D eigenvalue weighted by molar-refractivity contribution is 0.0940. The summed E-state index contributed by atoms with van der Waals surface area (Å²) in [5, 5.41) is 3.01. The third-order valence-electron chi connectivity index (χ3n) is 4.55. The second kappa shape index (κ2) is 8.39. The molecular weight excluding hydrogens is 362 g/mol. The predicted molar refractivity (Wildman–Crippen MR) is 111 cm³/mol. The normalized spacial score (nSPS) is 11.6. The third-order valence-corrected chi connectivity index (χ3v) is 4.55. The average molecular weight is 381 g/mol. The highest BCUT2D eigenvalue weighted by Crippen LogP contribution is 2.25. The number of hydrogen-bond donors (Lipinski definition) is 1. The van der Waals surface area contributed by atoms with E-state index in [1.165, 1.54) is 0 Å². The highest BCUT2D eigenvalue weighted by Gasteiger charge is 2.19. The zero-order valence-corrected chi connectivity index (χ0v) is 15.9. The molecule has 4 aromatic rings. The lowest BCUT2D eigenvalue weighted by atomic mass is 10.1. The highest BCUT2D eigenvalue weighted by atomic mass is 16.1. The number of rotatable bonds is 5. The van der Waals surface area contributed by atoms with Gasteiger partial charge in [0.25, 0.3) is 5.91 Å². The van der Waals surface area contributed by atoms with Crippen LogP contribution in [-0.4, -0.2) is 25.8 Å². The highest BCUT2D eigenvalue weighted by molar-refractivity contribution is 6.00. The van der Waals surface area contributed by atoms with Crippen molar-refractivity contribution in [2.24, 2.45) is 0 Å². The van der Waals surface area contributed by atoms with Gasteiger partial charge in [-0.1, -0.05) is 36.4 Å². The van der Waals surface area contributed by atoms with Crippen molar-refractivity contribution >= 4 is 5.91 Å². The van der Waals surface area contributed by atoms with Crippen molar-refractivity contribution in [3.05, 3.63) is 96.7 Å². The van der Waals surface area contributed by atoms with Gasteiger partial charge < -0.3 is 5.32 Å². The molecule has 0 aliphatic heterocycles. The molecule has 0 saturated carbocycles.